The van der Waals surface area contributed by atoms with Crippen molar-refractivity contribution in [2.24, 2.45) is 0 Å². The zero-order chi connectivity index (χ0) is 15.6. The van der Waals surface area contributed by atoms with Gasteiger partial charge in [0.25, 0.3) is 0 Å². The monoisotopic (exact) mass is 279 g/mol. The zero-order valence-electron chi connectivity index (χ0n) is 13.1. The molecular formula is C18H21N3. The van der Waals surface area contributed by atoms with Gasteiger partial charge in [0.05, 0.1) is 0 Å². The Kier molecular flexibility index (Phi) is 4.05. The van der Waals surface area contributed by atoms with Gasteiger partial charge in [-0.2, -0.15) is 10.5 Å². The molecule has 21 heavy (non-hydrogen) atoms. The van der Waals surface area contributed by atoms with Crippen LogP contribution in [0, 0.1) is 22.7 Å². The third-order valence-electron chi connectivity index (χ3n) is 4.28. The molecule has 1 aliphatic heterocycles. The summed E-state index contributed by atoms with van der Waals surface area (Å²) >= 11 is 0. The van der Waals surface area contributed by atoms with Crippen molar-refractivity contribution >= 4 is 11.8 Å². The van der Waals surface area contributed by atoms with E-state index in [4.69, 9.17) is 10.5 Å². The van der Waals surface area contributed by atoms with Crippen LogP contribution in [0.25, 0.3) is 6.08 Å². The summed E-state index contributed by atoms with van der Waals surface area (Å²) in [6.07, 6.45) is 2.76. The van der Waals surface area contributed by atoms with Crippen molar-refractivity contribution < 1.29 is 0 Å². The molecule has 0 bridgehead atoms. The first-order valence-corrected chi connectivity index (χ1v) is 7.36. The summed E-state index contributed by atoms with van der Waals surface area (Å²) in [5.74, 6) is 0.471. The number of benzene rings is 1. The second kappa shape index (κ2) is 5.62. The lowest BCUT2D eigenvalue weighted by atomic mass is 9.79. The fraction of sp³-hybridized carbons (Fsp3) is 0.444. The van der Waals surface area contributed by atoms with E-state index >= 15 is 0 Å². The van der Waals surface area contributed by atoms with Gasteiger partial charge in [-0.1, -0.05) is 13.0 Å². The van der Waals surface area contributed by atoms with E-state index in [1.54, 1.807) is 6.08 Å². The van der Waals surface area contributed by atoms with E-state index in [1.165, 1.54) is 11.3 Å². The van der Waals surface area contributed by atoms with Crippen molar-refractivity contribution in [2.45, 2.75) is 45.6 Å². The van der Waals surface area contributed by atoms with Gasteiger partial charge in [0.15, 0.2) is 0 Å². The Hall–Kier alpha value is -2.26. The topological polar surface area (TPSA) is 50.8 Å². The van der Waals surface area contributed by atoms with E-state index in [0.29, 0.717) is 5.92 Å². The smallest absolute Gasteiger partial charge is 0.130 e. The molecule has 0 fully saturated rings. The second-order valence-corrected chi connectivity index (χ2v) is 6.26. The lowest BCUT2D eigenvalue weighted by molar-refractivity contribution is 0.381. The molecule has 1 aromatic rings. The number of rotatable bonds is 2. The van der Waals surface area contributed by atoms with Crippen LogP contribution in [0.5, 0.6) is 0 Å². The average Bonchev–Trinajstić information content (AvgIpc) is 2.44. The largest absolute Gasteiger partial charge is 0.366 e. The van der Waals surface area contributed by atoms with Crippen molar-refractivity contribution in [1.29, 1.82) is 10.5 Å². The van der Waals surface area contributed by atoms with Crippen LogP contribution in [0.2, 0.25) is 0 Å². The van der Waals surface area contributed by atoms with Crippen LogP contribution in [0.15, 0.2) is 23.8 Å². The highest BCUT2D eigenvalue weighted by atomic mass is 15.2. The van der Waals surface area contributed by atoms with Gasteiger partial charge in [-0.3, -0.25) is 0 Å². The molecular weight excluding hydrogens is 258 g/mol. The quantitative estimate of drug-likeness (QED) is 0.761. The van der Waals surface area contributed by atoms with Gasteiger partial charge < -0.3 is 4.90 Å². The molecule has 1 unspecified atom stereocenters. The summed E-state index contributed by atoms with van der Waals surface area (Å²) in [5.41, 5.74) is 3.80. The number of fused-ring (bicyclic) bond motifs is 1. The SMILES string of the molecule is CCN1c2ccc(C=C(C#N)C#N)cc2C(C)CC1(C)C. The minimum absolute atomic E-state index is 0.145. The maximum atomic E-state index is 8.88. The Morgan fingerprint density at radius 2 is 2.05 bits per heavy atom. The van der Waals surface area contributed by atoms with Gasteiger partial charge in [-0.15, -0.1) is 0 Å². The minimum atomic E-state index is 0.145. The molecule has 0 aliphatic carbocycles. The van der Waals surface area contributed by atoms with Crippen molar-refractivity contribution in [3.63, 3.8) is 0 Å². The molecule has 0 radical (unpaired) electrons. The zero-order valence-corrected chi connectivity index (χ0v) is 13.1. The Balaban J connectivity index is 2.51. The fourth-order valence-electron chi connectivity index (χ4n) is 3.45. The van der Waals surface area contributed by atoms with E-state index in [1.807, 2.05) is 18.2 Å². The average molecular weight is 279 g/mol. The molecule has 108 valence electrons. The third-order valence-corrected chi connectivity index (χ3v) is 4.28. The van der Waals surface area contributed by atoms with Crippen LogP contribution < -0.4 is 4.90 Å². The molecule has 0 amide bonds. The van der Waals surface area contributed by atoms with Crippen molar-refractivity contribution in [2.75, 3.05) is 11.4 Å². The summed E-state index contributed by atoms with van der Waals surface area (Å²) in [5, 5.41) is 17.8. The Bertz CT molecular complexity index is 640. The van der Waals surface area contributed by atoms with E-state index in [2.05, 4.69) is 44.7 Å². The highest BCUT2D eigenvalue weighted by Crippen LogP contribution is 2.43. The molecule has 2 rings (SSSR count). The minimum Gasteiger partial charge on any atom is -0.366 e. The van der Waals surface area contributed by atoms with Gasteiger partial charge in [0, 0.05) is 17.8 Å². The van der Waals surface area contributed by atoms with Crippen LogP contribution in [0.3, 0.4) is 0 Å². The molecule has 0 saturated carbocycles. The lowest BCUT2D eigenvalue weighted by Crippen LogP contribution is -2.48. The summed E-state index contributed by atoms with van der Waals surface area (Å²) in [7, 11) is 0. The Labute approximate surface area is 127 Å². The maximum Gasteiger partial charge on any atom is 0.130 e. The molecule has 0 aromatic heterocycles. The van der Waals surface area contributed by atoms with Crippen LogP contribution in [-0.4, -0.2) is 12.1 Å². The van der Waals surface area contributed by atoms with E-state index in [-0.39, 0.29) is 11.1 Å². The predicted molar refractivity (Wildman–Crippen MR) is 85.8 cm³/mol. The van der Waals surface area contributed by atoms with Gasteiger partial charge in [-0.05, 0) is 62.4 Å². The van der Waals surface area contributed by atoms with Gasteiger partial charge in [0.2, 0.25) is 0 Å². The van der Waals surface area contributed by atoms with Gasteiger partial charge >= 0.3 is 0 Å². The van der Waals surface area contributed by atoms with Crippen molar-refractivity contribution in [3.05, 3.63) is 34.9 Å². The lowest BCUT2D eigenvalue weighted by Gasteiger charge is -2.47. The van der Waals surface area contributed by atoms with E-state index < -0.39 is 0 Å². The van der Waals surface area contributed by atoms with Crippen molar-refractivity contribution in [1.82, 2.24) is 0 Å². The highest BCUT2D eigenvalue weighted by molar-refractivity contribution is 5.68. The first kappa shape index (κ1) is 15.1. The number of allylic oxidation sites excluding steroid dienone is 1. The van der Waals surface area contributed by atoms with Gasteiger partial charge in [-0.25, -0.2) is 0 Å². The first-order valence-electron chi connectivity index (χ1n) is 7.36. The van der Waals surface area contributed by atoms with Crippen LogP contribution in [0.1, 0.15) is 51.2 Å². The second-order valence-electron chi connectivity index (χ2n) is 6.26. The normalized spacial score (nSPS) is 19.1. The van der Waals surface area contributed by atoms with E-state index in [9.17, 15) is 0 Å². The van der Waals surface area contributed by atoms with E-state index in [0.717, 1.165) is 18.5 Å². The summed E-state index contributed by atoms with van der Waals surface area (Å²) < 4.78 is 0. The first-order chi connectivity index (χ1) is 9.92. The predicted octanol–water partition coefficient (Wildman–Crippen LogP) is 4.23. The fourth-order valence-corrected chi connectivity index (χ4v) is 3.45. The summed E-state index contributed by atoms with van der Waals surface area (Å²) in [4.78, 5) is 2.44. The number of hydrogen-bond donors (Lipinski definition) is 0. The Morgan fingerprint density at radius 1 is 1.38 bits per heavy atom. The molecule has 3 nitrogen and oxygen atoms in total. The molecule has 0 saturated heterocycles. The number of anilines is 1. The van der Waals surface area contributed by atoms with Crippen LogP contribution in [0.4, 0.5) is 5.69 Å². The number of nitriles is 2. The Morgan fingerprint density at radius 3 is 2.62 bits per heavy atom. The third kappa shape index (κ3) is 2.78. The molecule has 1 atom stereocenters. The molecule has 1 heterocycles. The maximum absolute atomic E-state index is 8.88. The molecule has 0 spiro atoms. The van der Waals surface area contributed by atoms with Crippen molar-refractivity contribution in [3.8, 4) is 12.1 Å². The summed E-state index contributed by atoms with van der Waals surface area (Å²) in [6, 6.07) is 10.1. The number of nitrogens with zero attached hydrogens (tertiary/aromatic N) is 3. The number of hydrogen-bond acceptors (Lipinski definition) is 3. The van der Waals surface area contributed by atoms with Crippen LogP contribution in [-0.2, 0) is 0 Å². The van der Waals surface area contributed by atoms with Gasteiger partial charge in [0.1, 0.15) is 17.7 Å². The standard InChI is InChI=1S/C18H21N3/c1-5-21-17-7-6-14(8-15(11-19)12-20)9-16(17)13(2)10-18(21,3)4/h6-9,13H,5,10H2,1-4H3. The molecule has 1 aliphatic rings. The summed E-state index contributed by atoms with van der Waals surface area (Å²) in [6.45, 7) is 9.97. The molecule has 1 aromatic carbocycles. The highest BCUT2D eigenvalue weighted by Gasteiger charge is 2.35. The van der Waals surface area contributed by atoms with Crippen LogP contribution >= 0.6 is 0 Å². The molecule has 3 heteroatoms. The molecule has 0 N–H and O–H groups in total.